The Hall–Kier alpha value is -0.280. The molecule has 1 spiro atoms. The number of likely N-dealkylation sites (tertiary alicyclic amines) is 1. The van der Waals surface area contributed by atoms with Crippen molar-refractivity contribution < 1.29 is 29.9 Å². The topological polar surface area (TPSA) is 103 Å². The number of aliphatic hydroxyl groups excluding tert-OH is 3. The number of aliphatic hydroxyl groups is 4. The number of nitrogens with zero attached hydrogens (tertiary/aromatic N) is 1. The molecule has 1 saturated heterocycles. The van der Waals surface area contributed by atoms with Gasteiger partial charge in [0.1, 0.15) is 0 Å². The summed E-state index contributed by atoms with van der Waals surface area (Å²) in [5.41, 5.74) is -1.89. The lowest BCUT2D eigenvalue weighted by Gasteiger charge is -2.68. The number of ether oxygens (including phenoxy) is 2. The molecular weight excluding hydrogens is 386 g/mol. The van der Waals surface area contributed by atoms with Crippen LogP contribution in [0.1, 0.15) is 32.6 Å². The second-order valence-corrected chi connectivity index (χ2v) is 11.3. The first-order valence-corrected chi connectivity index (χ1v) is 11.8. The van der Waals surface area contributed by atoms with Gasteiger partial charge < -0.3 is 29.9 Å². The van der Waals surface area contributed by atoms with E-state index in [4.69, 9.17) is 9.47 Å². The molecule has 7 nitrogen and oxygen atoms in total. The molecule has 7 bridgehead atoms. The van der Waals surface area contributed by atoms with Crippen molar-refractivity contribution in [2.75, 3.05) is 33.9 Å². The molecule has 1 unspecified atom stereocenters. The number of fused-ring (bicyclic) bond motifs is 2. The van der Waals surface area contributed by atoms with E-state index in [0.717, 1.165) is 25.9 Å². The molecule has 1 heterocycles. The Morgan fingerprint density at radius 1 is 1.13 bits per heavy atom. The summed E-state index contributed by atoms with van der Waals surface area (Å²) in [4.78, 5) is 2.42. The highest BCUT2D eigenvalue weighted by Gasteiger charge is 2.86. The summed E-state index contributed by atoms with van der Waals surface area (Å²) in [6, 6.07) is 0.000214. The lowest BCUT2D eigenvalue weighted by molar-refractivity contribution is -0.271. The lowest BCUT2D eigenvalue weighted by atomic mass is 9.43. The molecular formula is C23H37NO6. The van der Waals surface area contributed by atoms with Gasteiger partial charge >= 0.3 is 0 Å². The van der Waals surface area contributed by atoms with Crippen LogP contribution in [0.4, 0.5) is 0 Å². The smallest absolute Gasteiger partial charge is 0.0796 e. The molecule has 6 rings (SSSR count). The Labute approximate surface area is 178 Å². The van der Waals surface area contributed by atoms with E-state index in [-0.39, 0.29) is 59.9 Å². The van der Waals surface area contributed by atoms with Crippen LogP contribution in [0.2, 0.25) is 0 Å². The van der Waals surface area contributed by atoms with Gasteiger partial charge in [-0.2, -0.15) is 0 Å². The largest absolute Gasteiger partial charge is 0.396 e. The van der Waals surface area contributed by atoms with Crippen LogP contribution in [0, 0.1) is 40.4 Å². The second-order valence-electron chi connectivity index (χ2n) is 11.3. The van der Waals surface area contributed by atoms with Gasteiger partial charge in [0.05, 0.1) is 36.6 Å². The Bertz CT molecular complexity index is 736. The van der Waals surface area contributed by atoms with E-state index in [1.807, 2.05) is 0 Å². The van der Waals surface area contributed by atoms with Crippen molar-refractivity contribution in [3.05, 3.63) is 0 Å². The van der Waals surface area contributed by atoms with E-state index < -0.39 is 23.2 Å². The summed E-state index contributed by atoms with van der Waals surface area (Å²) in [5.74, 6) is -0.480. The summed E-state index contributed by atoms with van der Waals surface area (Å²) >= 11 is 0. The molecule has 0 aromatic rings. The molecule has 30 heavy (non-hydrogen) atoms. The minimum Gasteiger partial charge on any atom is -0.396 e. The molecule has 13 atom stereocenters. The average Bonchev–Trinajstić information content (AvgIpc) is 3.15. The Balaban J connectivity index is 1.64. The quantitative estimate of drug-likeness (QED) is 0.499. The number of piperidine rings is 1. The zero-order valence-electron chi connectivity index (χ0n) is 18.3. The third kappa shape index (κ3) is 1.88. The highest BCUT2D eigenvalue weighted by Crippen LogP contribution is 2.79. The van der Waals surface area contributed by atoms with E-state index in [2.05, 4.69) is 11.8 Å². The molecule has 5 saturated carbocycles. The molecule has 5 aliphatic carbocycles. The van der Waals surface area contributed by atoms with Gasteiger partial charge in [-0.05, 0) is 31.7 Å². The van der Waals surface area contributed by atoms with Gasteiger partial charge in [-0.1, -0.05) is 6.92 Å². The van der Waals surface area contributed by atoms with Crippen LogP contribution in [0.3, 0.4) is 0 Å². The molecule has 0 aromatic carbocycles. The van der Waals surface area contributed by atoms with Crippen LogP contribution in [0.25, 0.3) is 0 Å². The molecule has 6 aliphatic rings. The molecule has 0 aromatic heterocycles. The van der Waals surface area contributed by atoms with E-state index in [0.29, 0.717) is 12.8 Å². The Kier molecular flexibility index (Phi) is 4.19. The maximum atomic E-state index is 12.4. The van der Waals surface area contributed by atoms with E-state index in [9.17, 15) is 20.4 Å². The van der Waals surface area contributed by atoms with E-state index in [1.165, 1.54) is 0 Å². The SMILES string of the molecule is CCN1C[C@]2(CO)CC[C@H](O)[C@]34C1[C@H]([C@H](OC)[C@H]23)[C@@]1(O)C[C@H](OC)[C@@H]2C[C@@H]4[C@@H]1[C@H]2O. The molecule has 1 aliphatic heterocycles. The fraction of sp³-hybridized carbons (Fsp3) is 1.00. The van der Waals surface area contributed by atoms with Gasteiger partial charge in [0.15, 0.2) is 0 Å². The van der Waals surface area contributed by atoms with Crippen molar-refractivity contribution in [3.8, 4) is 0 Å². The summed E-state index contributed by atoms with van der Waals surface area (Å²) in [5, 5.41) is 46.2. The van der Waals surface area contributed by atoms with Crippen LogP contribution in [0.5, 0.6) is 0 Å². The first kappa shape index (κ1) is 20.3. The van der Waals surface area contributed by atoms with E-state index in [1.54, 1.807) is 14.2 Å². The van der Waals surface area contributed by atoms with Crippen molar-refractivity contribution in [3.63, 3.8) is 0 Å². The van der Waals surface area contributed by atoms with Gasteiger partial charge in [-0.3, -0.25) is 4.90 Å². The molecule has 6 fully saturated rings. The summed E-state index contributed by atoms with van der Waals surface area (Å²) in [7, 11) is 3.40. The zero-order chi connectivity index (χ0) is 21.2. The Morgan fingerprint density at radius 2 is 1.90 bits per heavy atom. The van der Waals surface area contributed by atoms with Crippen LogP contribution in [0.15, 0.2) is 0 Å². The molecule has 4 N–H and O–H groups in total. The molecule has 170 valence electrons. The highest BCUT2D eigenvalue weighted by molar-refractivity contribution is 5.35. The maximum absolute atomic E-state index is 12.4. The first-order chi connectivity index (χ1) is 14.4. The summed E-state index contributed by atoms with van der Waals surface area (Å²) < 4.78 is 12.0. The highest BCUT2D eigenvalue weighted by atomic mass is 16.5. The van der Waals surface area contributed by atoms with Gasteiger partial charge in [-0.25, -0.2) is 0 Å². The van der Waals surface area contributed by atoms with Gasteiger partial charge in [0.25, 0.3) is 0 Å². The minimum atomic E-state index is -1.09. The zero-order valence-corrected chi connectivity index (χ0v) is 18.3. The average molecular weight is 424 g/mol. The number of hydrogen-bond acceptors (Lipinski definition) is 7. The van der Waals surface area contributed by atoms with Crippen LogP contribution < -0.4 is 0 Å². The minimum absolute atomic E-state index is 0.000214. The van der Waals surface area contributed by atoms with Gasteiger partial charge in [0.2, 0.25) is 0 Å². The monoisotopic (exact) mass is 423 g/mol. The van der Waals surface area contributed by atoms with Gasteiger partial charge in [-0.15, -0.1) is 0 Å². The van der Waals surface area contributed by atoms with Crippen LogP contribution in [-0.2, 0) is 9.47 Å². The molecule has 7 heteroatoms. The third-order valence-corrected chi connectivity index (χ3v) is 11.0. The summed E-state index contributed by atoms with van der Waals surface area (Å²) in [6.07, 6.45) is 1.16. The lowest BCUT2D eigenvalue weighted by Crippen LogP contribution is -2.76. The van der Waals surface area contributed by atoms with Crippen molar-refractivity contribution >= 4 is 0 Å². The van der Waals surface area contributed by atoms with Crippen LogP contribution in [-0.4, -0.2) is 95.3 Å². The van der Waals surface area contributed by atoms with Crippen molar-refractivity contribution in [1.82, 2.24) is 4.90 Å². The normalized spacial score (nSPS) is 63.3. The predicted molar refractivity (Wildman–Crippen MR) is 107 cm³/mol. The van der Waals surface area contributed by atoms with E-state index >= 15 is 0 Å². The molecule has 0 amide bonds. The second kappa shape index (κ2) is 6.19. The van der Waals surface area contributed by atoms with Crippen molar-refractivity contribution in [2.45, 2.75) is 68.7 Å². The maximum Gasteiger partial charge on any atom is 0.0796 e. The standard InChI is InChI=1S/C23H37NO6/c1-4-24-9-21(10-25)6-5-14(26)23-12-7-11-13(29-2)8-22(28,15(12)17(11)27)16(20(23)24)18(30-3)19(21)23/h11-20,25-28H,4-10H2,1-3H3/t11-,12+,13-,14-,15+,16-,17-,18-,19+,20?,21-,22+,23-/m0/s1. The third-order valence-electron chi connectivity index (χ3n) is 11.0. The predicted octanol–water partition coefficient (Wildman–Crippen LogP) is -0.152. The number of hydrogen-bond donors (Lipinski definition) is 4. The summed E-state index contributed by atoms with van der Waals surface area (Å²) in [6.45, 7) is 3.81. The number of rotatable bonds is 4. The fourth-order valence-corrected chi connectivity index (χ4v) is 10.4. The fourth-order valence-electron chi connectivity index (χ4n) is 10.4. The first-order valence-electron chi connectivity index (χ1n) is 11.8. The van der Waals surface area contributed by atoms with Crippen molar-refractivity contribution in [2.24, 2.45) is 40.4 Å². The molecule has 0 radical (unpaired) electrons. The number of methoxy groups -OCH3 is 2. The van der Waals surface area contributed by atoms with Crippen LogP contribution >= 0.6 is 0 Å². The van der Waals surface area contributed by atoms with Gasteiger partial charge in [0, 0.05) is 67.7 Å². The van der Waals surface area contributed by atoms with Crippen molar-refractivity contribution in [1.29, 1.82) is 0 Å². The Morgan fingerprint density at radius 3 is 2.53 bits per heavy atom.